The molecule has 1 aliphatic carbocycles. The van der Waals surface area contributed by atoms with Crippen LogP contribution in [0.1, 0.15) is 43.4 Å². The first-order chi connectivity index (χ1) is 14.0. The molecule has 0 amide bonds. The number of hydrogen-bond acceptors (Lipinski definition) is 2. The molecule has 30 heavy (non-hydrogen) atoms. The lowest BCUT2D eigenvalue weighted by atomic mass is 9.66. The van der Waals surface area contributed by atoms with E-state index < -0.39 is 28.1 Å². The first-order valence-electron chi connectivity index (χ1n) is 9.48. The summed E-state index contributed by atoms with van der Waals surface area (Å²) in [6.07, 6.45) is -4.31. The molecule has 3 rings (SSSR count). The number of carbonyl (C=O) groups is 1. The minimum absolute atomic E-state index is 0.109. The summed E-state index contributed by atoms with van der Waals surface area (Å²) in [7, 11) is 0. The highest BCUT2D eigenvalue weighted by molar-refractivity contribution is 6.31. The number of hydrogen-bond donors (Lipinski definition) is 1. The van der Waals surface area contributed by atoms with Crippen LogP contribution in [0.3, 0.4) is 0 Å². The van der Waals surface area contributed by atoms with Gasteiger partial charge in [0.2, 0.25) is 0 Å². The standard InChI is InChI=1S/C23H22ClF3O3/c1-14-10-17(30-13-15-6-4-3-5-7-15)12-22(2,20(14)21(28)29)16-8-9-19(24)18(11-16)23(25,26)27/h3-9,11,17H,10,12-13H2,1-2H3,(H,28,29). The molecule has 2 aromatic rings. The van der Waals surface area contributed by atoms with Crippen LogP contribution in [0.2, 0.25) is 5.02 Å². The summed E-state index contributed by atoms with van der Waals surface area (Å²) in [6, 6.07) is 13.1. The van der Waals surface area contributed by atoms with Crippen molar-refractivity contribution < 1.29 is 27.8 Å². The molecule has 1 aliphatic rings. The maximum atomic E-state index is 13.4. The number of aliphatic carboxylic acids is 1. The van der Waals surface area contributed by atoms with E-state index in [-0.39, 0.29) is 23.7 Å². The van der Waals surface area contributed by atoms with Gasteiger partial charge in [-0.25, -0.2) is 4.79 Å². The highest BCUT2D eigenvalue weighted by Gasteiger charge is 2.44. The molecule has 0 heterocycles. The van der Waals surface area contributed by atoms with Crippen molar-refractivity contribution in [3.05, 3.63) is 81.4 Å². The summed E-state index contributed by atoms with van der Waals surface area (Å²) >= 11 is 5.77. The van der Waals surface area contributed by atoms with Crippen molar-refractivity contribution in [3.8, 4) is 0 Å². The van der Waals surface area contributed by atoms with Gasteiger partial charge in [0.05, 0.1) is 23.3 Å². The molecular weight excluding hydrogens is 417 g/mol. The van der Waals surface area contributed by atoms with Gasteiger partial charge >= 0.3 is 12.1 Å². The Balaban J connectivity index is 1.99. The third-order valence-corrected chi connectivity index (χ3v) is 5.93. The molecule has 0 radical (unpaired) electrons. The Hall–Kier alpha value is -2.31. The van der Waals surface area contributed by atoms with Crippen molar-refractivity contribution >= 4 is 17.6 Å². The van der Waals surface area contributed by atoms with Crippen molar-refractivity contribution in [3.63, 3.8) is 0 Å². The molecule has 0 bridgehead atoms. The van der Waals surface area contributed by atoms with Gasteiger partial charge in [0, 0.05) is 11.0 Å². The van der Waals surface area contributed by atoms with Crippen molar-refractivity contribution in [2.24, 2.45) is 0 Å². The zero-order valence-electron chi connectivity index (χ0n) is 16.6. The van der Waals surface area contributed by atoms with Gasteiger partial charge in [-0.15, -0.1) is 0 Å². The summed E-state index contributed by atoms with van der Waals surface area (Å²) in [6.45, 7) is 3.69. The van der Waals surface area contributed by atoms with Crippen LogP contribution in [0.15, 0.2) is 59.7 Å². The SMILES string of the molecule is CC1=C(C(=O)O)C(C)(c2ccc(Cl)c(C(F)(F)F)c2)CC(OCc2ccccc2)C1. The normalized spacial score (nSPS) is 22.3. The van der Waals surface area contributed by atoms with Gasteiger partial charge in [0.25, 0.3) is 0 Å². The molecule has 7 heteroatoms. The smallest absolute Gasteiger partial charge is 0.417 e. The fraction of sp³-hybridized carbons (Fsp3) is 0.348. The van der Waals surface area contributed by atoms with Gasteiger partial charge in [-0.1, -0.05) is 60.5 Å². The minimum atomic E-state index is -4.64. The number of halogens is 4. The second-order valence-corrected chi connectivity index (χ2v) is 8.22. The Morgan fingerprint density at radius 3 is 2.50 bits per heavy atom. The monoisotopic (exact) mass is 438 g/mol. The lowest BCUT2D eigenvalue weighted by Gasteiger charge is -2.40. The predicted molar refractivity (Wildman–Crippen MR) is 108 cm³/mol. The molecule has 1 N–H and O–H groups in total. The topological polar surface area (TPSA) is 46.5 Å². The van der Waals surface area contributed by atoms with Gasteiger partial charge in [-0.3, -0.25) is 0 Å². The fourth-order valence-corrected chi connectivity index (χ4v) is 4.44. The lowest BCUT2D eigenvalue weighted by Crippen LogP contribution is -2.39. The molecule has 0 spiro atoms. The van der Waals surface area contributed by atoms with Crippen molar-refractivity contribution in [1.29, 1.82) is 0 Å². The van der Waals surface area contributed by atoms with E-state index >= 15 is 0 Å². The van der Waals surface area contributed by atoms with Crippen LogP contribution in [0.4, 0.5) is 13.2 Å². The molecular formula is C23H22ClF3O3. The average molecular weight is 439 g/mol. The van der Waals surface area contributed by atoms with Crippen molar-refractivity contribution in [1.82, 2.24) is 0 Å². The van der Waals surface area contributed by atoms with E-state index in [0.29, 0.717) is 18.6 Å². The van der Waals surface area contributed by atoms with Gasteiger partial charge in [-0.2, -0.15) is 13.2 Å². The van der Waals surface area contributed by atoms with E-state index in [9.17, 15) is 23.1 Å². The molecule has 2 aromatic carbocycles. The van der Waals surface area contributed by atoms with Crippen molar-refractivity contribution in [2.75, 3.05) is 0 Å². The van der Waals surface area contributed by atoms with Crippen LogP contribution >= 0.6 is 11.6 Å². The quantitative estimate of drug-likeness (QED) is 0.587. The van der Waals surface area contributed by atoms with Crippen LogP contribution < -0.4 is 0 Å². The van der Waals surface area contributed by atoms with Crippen LogP contribution in [-0.4, -0.2) is 17.2 Å². The summed E-state index contributed by atoms with van der Waals surface area (Å²) < 4.78 is 46.2. The molecule has 160 valence electrons. The lowest BCUT2D eigenvalue weighted by molar-refractivity contribution is -0.137. The summed E-state index contributed by atoms with van der Waals surface area (Å²) in [5.74, 6) is -1.14. The molecule has 0 aromatic heterocycles. The Bertz CT molecular complexity index is 969. The third kappa shape index (κ3) is 4.55. The van der Waals surface area contributed by atoms with E-state index in [2.05, 4.69) is 0 Å². The summed E-state index contributed by atoms with van der Waals surface area (Å²) in [4.78, 5) is 12.0. The largest absolute Gasteiger partial charge is 0.478 e. The molecule has 2 atom stereocenters. The molecule has 0 fully saturated rings. The number of rotatable bonds is 5. The molecule has 2 unspecified atom stereocenters. The van der Waals surface area contributed by atoms with Crippen molar-refractivity contribution in [2.45, 2.75) is 51.0 Å². The average Bonchev–Trinajstić information content (AvgIpc) is 2.65. The number of carboxylic acids is 1. The molecule has 0 saturated carbocycles. The maximum Gasteiger partial charge on any atom is 0.417 e. The van der Waals surface area contributed by atoms with Crippen LogP contribution in [-0.2, 0) is 27.7 Å². The Morgan fingerprint density at radius 2 is 1.90 bits per heavy atom. The first kappa shape index (κ1) is 22.4. The van der Waals surface area contributed by atoms with E-state index in [1.807, 2.05) is 30.3 Å². The Kier molecular flexibility index (Phi) is 6.29. The minimum Gasteiger partial charge on any atom is -0.478 e. The Morgan fingerprint density at radius 1 is 1.23 bits per heavy atom. The molecule has 3 nitrogen and oxygen atoms in total. The molecule has 0 saturated heterocycles. The molecule has 0 aliphatic heterocycles. The van der Waals surface area contributed by atoms with Crippen LogP contribution in [0.25, 0.3) is 0 Å². The highest BCUT2D eigenvalue weighted by Crippen LogP contribution is 2.46. The summed E-state index contributed by atoms with van der Waals surface area (Å²) in [5.41, 5.74) is -0.201. The zero-order valence-corrected chi connectivity index (χ0v) is 17.3. The van der Waals surface area contributed by atoms with Crippen LogP contribution in [0.5, 0.6) is 0 Å². The third-order valence-electron chi connectivity index (χ3n) is 5.60. The highest BCUT2D eigenvalue weighted by atomic mass is 35.5. The van der Waals surface area contributed by atoms with Gasteiger partial charge < -0.3 is 9.84 Å². The number of benzene rings is 2. The van der Waals surface area contributed by atoms with Gasteiger partial charge in [0.15, 0.2) is 0 Å². The predicted octanol–water partition coefficient (Wildman–Crippen LogP) is 6.40. The zero-order chi connectivity index (χ0) is 22.1. The second kappa shape index (κ2) is 8.44. The summed E-state index contributed by atoms with van der Waals surface area (Å²) in [5, 5.41) is 9.42. The van der Waals surface area contributed by atoms with Gasteiger partial charge in [0.1, 0.15) is 0 Å². The Labute approximate surface area is 178 Å². The van der Waals surface area contributed by atoms with E-state index in [1.54, 1.807) is 13.8 Å². The second-order valence-electron chi connectivity index (χ2n) is 7.81. The first-order valence-corrected chi connectivity index (χ1v) is 9.86. The van der Waals surface area contributed by atoms with Gasteiger partial charge in [-0.05, 0) is 43.0 Å². The number of carboxylic acid groups (broad SMARTS) is 1. The maximum absolute atomic E-state index is 13.4. The van der Waals surface area contributed by atoms with E-state index in [1.165, 1.54) is 12.1 Å². The van der Waals surface area contributed by atoms with E-state index in [0.717, 1.165) is 11.6 Å². The van der Waals surface area contributed by atoms with E-state index in [4.69, 9.17) is 16.3 Å². The fourth-order valence-electron chi connectivity index (χ4n) is 4.22. The number of ether oxygens (including phenoxy) is 1. The number of alkyl halides is 3. The van der Waals surface area contributed by atoms with Crippen LogP contribution in [0, 0.1) is 0 Å².